The molecule has 2 rings (SSSR count). The number of nitrogens with one attached hydrogen (secondary N) is 1. The molecule has 1 amide bonds. The third-order valence-electron chi connectivity index (χ3n) is 3.77. The fraction of sp³-hybridized carbons (Fsp3) is 0.533. The molecule has 1 aromatic carbocycles. The molecule has 1 saturated carbocycles. The maximum Gasteiger partial charge on any atom is 0.217 e. The van der Waals surface area contributed by atoms with Gasteiger partial charge in [-0.2, -0.15) is 0 Å². The fourth-order valence-electron chi connectivity index (χ4n) is 2.89. The lowest BCUT2D eigenvalue weighted by atomic mass is 9.76. The van der Waals surface area contributed by atoms with Crippen molar-refractivity contribution in [2.24, 2.45) is 0 Å². The number of carbonyl (C=O) groups is 1. The zero-order valence-electron chi connectivity index (χ0n) is 11.2. The quantitative estimate of drug-likeness (QED) is 0.891. The lowest BCUT2D eigenvalue weighted by Crippen LogP contribution is -2.46. The number of amides is 1. The van der Waals surface area contributed by atoms with Crippen LogP contribution in [0.25, 0.3) is 0 Å². The number of hydrogen-bond acceptors (Lipinski definition) is 2. The van der Waals surface area contributed by atoms with E-state index in [1.807, 2.05) is 12.1 Å². The van der Waals surface area contributed by atoms with Crippen molar-refractivity contribution in [3.8, 4) is 5.75 Å². The molecule has 0 aromatic heterocycles. The van der Waals surface area contributed by atoms with E-state index in [0.29, 0.717) is 0 Å². The Morgan fingerprint density at radius 3 is 2.28 bits per heavy atom. The second-order valence-corrected chi connectivity index (χ2v) is 5.05. The molecule has 0 spiro atoms. The van der Waals surface area contributed by atoms with E-state index in [2.05, 4.69) is 17.4 Å². The summed E-state index contributed by atoms with van der Waals surface area (Å²) >= 11 is 0. The topological polar surface area (TPSA) is 38.3 Å². The third-order valence-corrected chi connectivity index (χ3v) is 3.77. The number of carbonyl (C=O) groups excluding carboxylic acids is 1. The molecule has 0 aliphatic heterocycles. The smallest absolute Gasteiger partial charge is 0.217 e. The SMILES string of the molecule is COc1ccc(C2(NC(C)=O)CCCCC2)cc1. The van der Waals surface area contributed by atoms with E-state index in [1.165, 1.54) is 24.8 Å². The van der Waals surface area contributed by atoms with Crippen molar-refractivity contribution in [1.82, 2.24) is 5.32 Å². The molecule has 0 bridgehead atoms. The molecule has 1 N–H and O–H groups in total. The Hall–Kier alpha value is -1.51. The average Bonchev–Trinajstić information content (AvgIpc) is 2.39. The zero-order chi connectivity index (χ0) is 13.0. The maximum absolute atomic E-state index is 11.5. The number of methoxy groups -OCH3 is 1. The molecule has 3 heteroatoms. The van der Waals surface area contributed by atoms with Crippen LogP contribution in [0.5, 0.6) is 5.75 Å². The Labute approximate surface area is 109 Å². The van der Waals surface area contributed by atoms with Gasteiger partial charge >= 0.3 is 0 Å². The first-order valence-electron chi connectivity index (χ1n) is 6.59. The zero-order valence-corrected chi connectivity index (χ0v) is 11.2. The molecule has 18 heavy (non-hydrogen) atoms. The van der Waals surface area contributed by atoms with Crippen molar-refractivity contribution in [2.45, 2.75) is 44.6 Å². The van der Waals surface area contributed by atoms with Crippen LogP contribution in [0.4, 0.5) is 0 Å². The summed E-state index contributed by atoms with van der Waals surface area (Å²) in [6, 6.07) is 8.07. The van der Waals surface area contributed by atoms with Crippen molar-refractivity contribution < 1.29 is 9.53 Å². The Kier molecular flexibility index (Phi) is 3.90. The first-order valence-corrected chi connectivity index (χ1v) is 6.59. The normalized spacial score (nSPS) is 18.1. The molecule has 0 saturated heterocycles. The fourth-order valence-corrected chi connectivity index (χ4v) is 2.89. The van der Waals surface area contributed by atoms with Crippen molar-refractivity contribution in [3.05, 3.63) is 29.8 Å². The van der Waals surface area contributed by atoms with E-state index in [0.717, 1.165) is 18.6 Å². The molecule has 0 atom stereocenters. The van der Waals surface area contributed by atoms with Crippen molar-refractivity contribution in [2.75, 3.05) is 7.11 Å². The Morgan fingerprint density at radius 2 is 1.78 bits per heavy atom. The summed E-state index contributed by atoms with van der Waals surface area (Å²) in [4.78, 5) is 11.5. The van der Waals surface area contributed by atoms with Crippen molar-refractivity contribution >= 4 is 5.91 Å². The molecule has 1 aliphatic carbocycles. The van der Waals surface area contributed by atoms with E-state index in [9.17, 15) is 4.79 Å². The van der Waals surface area contributed by atoms with Gasteiger partial charge in [-0.1, -0.05) is 31.4 Å². The first kappa shape index (κ1) is 12.9. The van der Waals surface area contributed by atoms with Crippen LogP contribution >= 0.6 is 0 Å². The van der Waals surface area contributed by atoms with Gasteiger partial charge in [0.1, 0.15) is 5.75 Å². The number of ether oxygens (including phenoxy) is 1. The summed E-state index contributed by atoms with van der Waals surface area (Å²) < 4.78 is 5.18. The highest BCUT2D eigenvalue weighted by Gasteiger charge is 2.34. The molecule has 3 nitrogen and oxygen atoms in total. The predicted molar refractivity (Wildman–Crippen MR) is 71.6 cm³/mol. The predicted octanol–water partition coefficient (Wildman–Crippen LogP) is 2.99. The van der Waals surface area contributed by atoms with Gasteiger partial charge in [-0.25, -0.2) is 0 Å². The van der Waals surface area contributed by atoms with Crippen molar-refractivity contribution in [1.29, 1.82) is 0 Å². The van der Waals surface area contributed by atoms with Crippen LogP contribution in [-0.2, 0) is 10.3 Å². The number of benzene rings is 1. The molecular weight excluding hydrogens is 226 g/mol. The van der Waals surface area contributed by atoms with E-state index >= 15 is 0 Å². The molecule has 0 radical (unpaired) electrons. The highest BCUT2D eigenvalue weighted by atomic mass is 16.5. The third kappa shape index (κ3) is 2.66. The monoisotopic (exact) mass is 247 g/mol. The molecule has 1 fully saturated rings. The average molecular weight is 247 g/mol. The van der Waals surface area contributed by atoms with Crippen LogP contribution in [0.2, 0.25) is 0 Å². The van der Waals surface area contributed by atoms with Gasteiger partial charge in [0.15, 0.2) is 0 Å². The van der Waals surface area contributed by atoms with Crippen LogP contribution in [0.1, 0.15) is 44.6 Å². The highest BCUT2D eigenvalue weighted by Crippen LogP contribution is 2.37. The first-order chi connectivity index (χ1) is 8.66. The van der Waals surface area contributed by atoms with E-state index in [-0.39, 0.29) is 11.4 Å². The van der Waals surface area contributed by atoms with Gasteiger partial charge in [0.25, 0.3) is 0 Å². The minimum atomic E-state index is -0.170. The van der Waals surface area contributed by atoms with Gasteiger partial charge < -0.3 is 10.1 Å². The van der Waals surface area contributed by atoms with E-state index in [1.54, 1.807) is 14.0 Å². The molecule has 1 aliphatic rings. The van der Waals surface area contributed by atoms with Gasteiger partial charge in [-0.3, -0.25) is 4.79 Å². The summed E-state index contributed by atoms with van der Waals surface area (Å²) in [5, 5.41) is 3.17. The van der Waals surface area contributed by atoms with Gasteiger partial charge in [0, 0.05) is 6.92 Å². The molecule has 0 heterocycles. The summed E-state index contributed by atoms with van der Waals surface area (Å²) in [6.45, 7) is 1.60. The second kappa shape index (κ2) is 5.42. The van der Waals surface area contributed by atoms with Gasteiger partial charge in [-0.15, -0.1) is 0 Å². The Morgan fingerprint density at radius 1 is 1.17 bits per heavy atom. The van der Waals surface area contributed by atoms with E-state index < -0.39 is 0 Å². The van der Waals surface area contributed by atoms with Crippen LogP contribution in [0, 0.1) is 0 Å². The molecule has 0 unspecified atom stereocenters. The summed E-state index contributed by atoms with van der Waals surface area (Å²) in [6.07, 6.45) is 5.66. The lowest BCUT2D eigenvalue weighted by Gasteiger charge is -2.38. The molecular formula is C15H21NO2. The standard InChI is InChI=1S/C15H21NO2/c1-12(17)16-15(10-4-3-5-11-15)13-6-8-14(18-2)9-7-13/h6-9H,3-5,10-11H2,1-2H3,(H,16,17). The number of hydrogen-bond donors (Lipinski definition) is 1. The Bertz CT molecular complexity index is 405. The second-order valence-electron chi connectivity index (χ2n) is 5.05. The van der Waals surface area contributed by atoms with Crippen molar-refractivity contribution in [3.63, 3.8) is 0 Å². The number of rotatable bonds is 3. The highest BCUT2D eigenvalue weighted by molar-refractivity contribution is 5.74. The lowest BCUT2D eigenvalue weighted by molar-refractivity contribution is -0.121. The van der Waals surface area contributed by atoms with Crippen LogP contribution < -0.4 is 10.1 Å². The van der Waals surface area contributed by atoms with Crippen LogP contribution in [0.3, 0.4) is 0 Å². The van der Waals surface area contributed by atoms with E-state index in [4.69, 9.17) is 4.74 Å². The van der Waals surface area contributed by atoms with Gasteiger partial charge in [-0.05, 0) is 30.5 Å². The van der Waals surface area contributed by atoms with Crippen LogP contribution in [0.15, 0.2) is 24.3 Å². The largest absolute Gasteiger partial charge is 0.497 e. The van der Waals surface area contributed by atoms with Gasteiger partial charge in [0.05, 0.1) is 12.6 Å². The summed E-state index contributed by atoms with van der Waals surface area (Å²) in [5.74, 6) is 0.903. The Balaban J connectivity index is 2.29. The summed E-state index contributed by atoms with van der Waals surface area (Å²) in [7, 11) is 1.67. The minimum absolute atomic E-state index is 0.0488. The van der Waals surface area contributed by atoms with Crippen LogP contribution in [-0.4, -0.2) is 13.0 Å². The molecule has 1 aromatic rings. The minimum Gasteiger partial charge on any atom is -0.497 e. The summed E-state index contributed by atoms with van der Waals surface area (Å²) in [5.41, 5.74) is 1.02. The van der Waals surface area contributed by atoms with Gasteiger partial charge in [0.2, 0.25) is 5.91 Å². The maximum atomic E-state index is 11.5. The molecule has 98 valence electrons.